The fraction of sp³-hybridized carbons (Fsp3) is 0. The maximum absolute atomic E-state index is 3.72. The molecule has 0 aromatic heterocycles. The van der Waals surface area contributed by atoms with Crippen LogP contribution in [0.5, 0.6) is 0 Å². The van der Waals surface area contributed by atoms with Gasteiger partial charge in [0.2, 0.25) is 0 Å². The van der Waals surface area contributed by atoms with Crippen LogP contribution in [0, 0.1) is 20.8 Å². The molecule has 0 spiro atoms. The van der Waals surface area contributed by atoms with Gasteiger partial charge < -0.3 is 0 Å². The molecule has 0 heterocycles. The quantitative estimate of drug-likeness (QED) is 0.268. The molecule has 0 atom stereocenters. The van der Waals surface area contributed by atoms with E-state index in [0.29, 0.717) is 0 Å². The molecule has 23 heavy (non-hydrogen) atoms. The minimum Gasteiger partial charge on any atom is -0.199 e. The van der Waals surface area contributed by atoms with E-state index in [9.17, 15) is 0 Å². The zero-order valence-corrected chi connectivity index (χ0v) is 17.6. The topological polar surface area (TPSA) is 0 Å². The Bertz CT molecular complexity index is 491. The Morgan fingerprint density at radius 3 is 0.652 bits per heavy atom. The summed E-state index contributed by atoms with van der Waals surface area (Å²) < 4.78 is 0. The molecule has 2 heteroatoms. The third kappa shape index (κ3) is 13.8. The van der Waals surface area contributed by atoms with Gasteiger partial charge in [-0.05, 0) is 0 Å². The molecule has 0 fully saturated rings. The molecule has 0 radical (unpaired) electrons. The van der Waals surface area contributed by atoms with E-state index in [1.165, 1.54) is 0 Å². The number of halogens is 1. The summed E-state index contributed by atoms with van der Waals surface area (Å²) in [6.07, 6.45) is 0. The number of hydrogen-bond acceptors (Lipinski definition) is 0. The smallest absolute Gasteiger partial charge is 0 e. The van der Waals surface area contributed by atoms with E-state index in [1.807, 2.05) is 91.0 Å². The van der Waals surface area contributed by atoms with Crippen molar-refractivity contribution in [3.63, 3.8) is 0 Å². The van der Waals surface area contributed by atoms with Crippen LogP contribution in [0.2, 0.25) is 0 Å². The molecule has 0 N–H and O–H groups in total. The number of benzene rings is 3. The van der Waals surface area contributed by atoms with Gasteiger partial charge in [-0.15, -0.1) is 48.8 Å². The molecular formula is C21H22ClHf-3. The summed E-state index contributed by atoms with van der Waals surface area (Å²) in [6.45, 7) is 11.2. The van der Waals surface area contributed by atoms with Crippen molar-refractivity contribution in [1.29, 1.82) is 0 Å². The predicted molar refractivity (Wildman–Crippen MR) is 100.0 cm³/mol. The van der Waals surface area contributed by atoms with Crippen LogP contribution in [-0.4, -0.2) is 0 Å². The van der Waals surface area contributed by atoms with Crippen molar-refractivity contribution < 1.29 is 25.8 Å². The Morgan fingerprint density at radius 2 is 0.565 bits per heavy atom. The van der Waals surface area contributed by atoms with Gasteiger partial charge in [0.25, 0.3) is 0 Å². The number of hydrogen-bond donors (Lipinski definition) is 0. The number of rotatable bonds is 0. The summed E-state index contributed by atoms with van der Waals surface area (Å²) in [5.41, 5.74) is 3.22. The minimum absolute atomic E-state index is 0. The van der Waals surface area contributed by atoms with Gasteiger partial charge in [-0.2, -0.15) is 73.9 Å². The van der Waals surface area contributed by atoms with E-state index in [4.69, 9.17) is 0 Å². The zero-order chi connectivity index (χ0) is 15.3. The van der Waals surface area contributed by atoms with E-state index in [2.05, 4.69) is 20.8 Å². The van der Waals surface area contributed by atoms with Crippen molar-refractivity contribution >= 4 is 12.4 Å². The van der Waals surface area contributed by atoms with Gasteiger partial charge in [0.15, 0.2) is 0 Å². The normalized spacial score (nSPS) is 7.83. The van der Waals surface area contributed by atoms with Crippen LogP contribution < -0.4 is 0 Å². The standard InChI is InChI=1S/3C7H7.ClH.Hf/c3*1-7-5-3-2-4-6-7;;/h3*2-6H,1H2;1H;/q3*-1;;. The van der Waals surface area contributed by atoms with E-state index in [1.54, 1.807) is 0 Å². The van der Waals surface area contributed by atoms with Crippen LogP contribution in [0.4, 0.5) is 0 Å². The molecule has 0 nitrogen and oxygen atoms in total. The van der Waals surface area contributed by atoms with Gasteiger partial charge in [-0.3, -0.25) is 0 Å². The average Bonchev–Trinajstić information content (AvgIpc) is 2.51. The Labute approximate surface area is 166 Å². The second-order valence-electron chi connectivity index (χ2n) is 4.46. The molecule has 0 aliphatic carbocycles. The molecule has 120 valence electrons. The van der Waals surface area contributed by atoms with Crippen molar-refractivity contribution in [2.24, 2.45) is 0 Å². The summed E-state index contributed by atoms with van der Waals surface area (Å²) >= 11 is 0. The molecule has 0 bridgehead atoms. The van der Waals surface area contributed by atoms with Gasteiger partial charge in [-0.25, -0.2) is 0 Å². The average molecular weight is 488 g/mol. The fourth-order valence-corrected chi connectivity index (χ4v) is 1.43. The first-order valence-corrected chi connectivity index (χ1v) is 6.79. The van der Waals surface area contributed by atoms with Crippen LogP contribution in [0.25, 0.3) is 0 Å². The van der Waals surface area contributed by atoms with Gasteiger partial charge in [0.1, 0.15) is 0 Å². The molecule has 0 unspecified atom stereocenters. The molecule has 3 aromatic rings. The van der Waals surface area contributed by atoms with Gasteiger partial charge in [-0.1, -0.05) is 18.2 Å². The molecular weight excluding hydrogens is 466 g/mol. The van der Waals surface area contributed by atoms with Gasteiger partial charge >= 0.3 is 0 Å². The zero-order valence-electron chi connectivity index (χ0n) is 13.2. The van der Waals surface area contributed by atoms with Crippen LogP contribution >= 0.6 is 12.4 Å². The molecule has 0 saturated heterocycles. The minimum atomic E-state index is 0. The molecule has 0 amide bonds. The SMILES string of the molecule is Cl.[CH2-]c1ccccc1.[CH2-]c1ccccc1.[CH2-]c1ccccc1.[Hf]. The predicted octanol–water partition coefficient (Wildman–Crippen LogP) is 6.03. The van der Waals surface area contributed by atoms with E-state index < -0.39 is 0 Å². The molecule has 0 aliphatic rings. The Kier molecular flexibility index (Phi) is 15.8. The van der Waals surface area contributed by atoms with Crippen LogP contribution in [0.1, 0.15) is 16.7 Å². The van der Waals surface area contributed by atoms with Crippen molar-refractivity contribution in [2.75, 3.05) is 0 Å². The van der Waals surface area contributed by atoms with Crippen molar-refractivity contribution in [1.82, 2.24) is 0 Å². The third-order valence-electron chi connectivity index (χ3n) is 2.53. The second-order valence-corrected chi connectivity index (χ2v) is 4.46. The first kappa shape index (κ1) is 23.7. The molecule has 3 rings (SSSR count). The van der Waals surface area contributed by atoms with E-state index >= 15 is 0 Å². The van der Waals surface area contributed by atoms with Crippen LogP contribution in [-0.2, 0) is 25.8 Å². The summed E-state index contributed by atoms with van der Waals surface area (Å²) in [5, 5.41) is 0. The fourth-order valence-electron chi connectivity index (χ4n) is 1.43. The summed E-state index contributed by atoms with van der Waals surface area (Å²) in [4.78, 5) is 0. The van der Waals surface area contributed by atoms with Crippen molar-refractivity contribution in [2.45, 2.75) is 0 Å². The van der Waals surface area contributed by atoms with E-state index in [-0.39, 0.29) is 38.3 Å². The van der Waals surface area contributed by atoms with Crippen molar-refractivity contribution in [3.05, 3.63) is 128 Å². The van der Waals surface area contributed by atoms with Crippen LogP contribution in [0.15, 0.2) is 91.0 Å². The van der Waals surface area contributed by atoms with Gasteiger partial charge in [0, 0.05) is 25.8 Å². The Balaban J connectivity index is 0. The molecule has 0 saturated carbocycles. The maximum Gasteiger partial charge on any atom is 0 e. The van der Waals surface area contributed by atoms with E-state index in [0.717, 1.165) is 16.7 Å². The first-order chi connectivity index (χ1) is 10.2. The Hall–Kier alpha value is -1.57. The molecule has 3 aromatic carbocycles. The molecule has 0 aliphatic heterocycles. The van der Waals surface area contributed by atoms with Crippen molar-refractivity contribution in [3.8, 4) is 0 Å². The summed E-state index contributed by atoms with van der Waals surface area (Å²) in [6, 6.07) is 29.6. The van der Waals surface area contributed by atoms with Crippen LogP contribution in [0.3, 0.4) is 0 Å². The van der Waals surface area contributed by atoms with Gasteiger partial charge in [0.05, 0.1) is 0 Å². The maximum atomic E-state index is 3.72. The largest absolute Gasteiger partial charge is 0.199 e. The third-order valence-corrected chi connectivity index (χ3v) is 2.53. The second kappa shape index (κ2) is 15.3. The summed E-state index contributed by atoms with van der Waals surface area (Å²) in [5.74, 6) is 0. The first-order valence-electron chi connectivity index (χ1n) is 6.79. The summed E-state index contributed by atoms with van der Waals surface area (Å²) in [7, 11) is 0. The Morgan fingerprint density at radius 1 is 0.391 bits per heavy atom. The monoisotopic (exact) mass is 489 g/mol.